The van der Waals surface area contributed by atoms with Gasteiger partial charge in [0, 0.05) is 23.5 Å². The lowest BCUT2D eigenvalue weighted by molar-refractivity contribution is -0.173. The topological polar surface area (TPSA) is 186 Å². The standard InChI is InChI=1S/C25H26N6O7S2/c1-25(2,3)23(35)38-12-37-22(34)18-14(7-6-13-5-4-8-27-9-13)10-39-21-17(20(33)31(18)21)29-19(32)16(30-36)15-11-40-24(26)28-15/h4-9,11,17,21,36H,10,12H2,1-3H3,(H2,26,28)(H,29,32)/b7-6-,30-16-/t17-,21-/m1/s1. The SMILES string of the molecule is CC(C)(C)C(=O)OCOC(=O)C1=C(/C=C\c2cccnc2)CS[C@@H]2[C@H](NC(=O)/C(=N\O)c3csc(N)n3)C(=O)N12. The Bertz CT molecular complexity index is 1410. The zero-order valence-corrected chi connectivity index (χ0v) is 23.3. The van der Waals surface area contributed by atoms with Gasteiger partial charge in [-0.2, -0.15) is 0 Å². The third-order valence-electron chi connectivity index (χ3n) is 5.71. The van der Waals surface area contributed by atoms with Gasteiger partial charge in [0.1, 0.15) is 22.8 Å². The first-order valence-corrected chi connectivity index (χ1v) is 13.8. The van der Waals surface area contributed by atoms with Gasteiger partial charge in [-0.1, -0.05) is 23.4 Å². The van der Waals surface area contributed by atoms with Crippen LogP contribution >= 0.6 is 23.1 Å². The normalized spacial score (nSPS) is 19.2. The minimum Gasteiger partial charge on any atom is -0.427 e. The Kier molecular flexibility index (Phi) is 8.54. The van der Waals surface area contributed by atoms with E-state index in [1.807, 2.05) is 6.07 Å². The highest BCUT2D eigenvalue weighted by atomic mass is 32.2. The van der Waals surface area contributed by atoms with Gasteiger partial charge in [-0.05, 0) is 38.0 Å². The molecule has 0 bridgehead atoms. The van der Waals surface area contributed by atoms with Crippen LogP contribution < -0.4 is 11.1 Å². The van der Waals surface area contributed by atoms with Crippen LogP contribution in [-0.2, 0) is 28.7 Å². The molecular formula is C25H26N6O7S2. The Morgan fingerprint density at radius 1 is 1.30 bits per heavy atom. The number of thioether (sulfide) groups is 1. The number of nitrogen functional groups attached to an aromatic ring is 1. The fraction of sp³-hybridized carbons (Fsp3) is 0.320. The zero-order valence-electron chi connectivity index (χ0n) is 21.7. The number of thiazole rings is 1. The molecule has 4 rings (SSSR count). The number of nitrogens with two attached hydrogens (primary N) is 1. The molecule has 4 heterocycles. The Balaban J connectivity index is 1.54. The van der Waals surface area contributed by atoms with Crippen molar-refractivity contribution in [1.82, 2.24) is 20.2 Å². The summed E-state index contributed by atoms with van der Waals surface area (Å²) in [7, 11) is 0. The van der Waals surface area contributed by atoms with Gasteiger partial charge in [-0.25, -0.2) is 9.78 Å². The lowest BCUT2D eigenvalue weighted by Gasteiger charge is -2.49. The minimum absolute atomic E-state index is 0.0329. The minimum atomic E-state index is -1.02. The number of fused-ring (bicyclic) bond motifs is 1. The second kappa shape index (κ2) is 11.9. The summed E-state index contributed by atoms with van der Waals surface area (Å²) >= 11 is 2.37. The van der Waals surface area contributed by atoms with Crippen LogP contribution in [0, 0.1) is 5.41 Å². The van der Waals surface area contributed by atoms with Gasteiger partial charge in [0.15, 0.2) is 10.8 Å². The molecule has 0 aromatic carbocycles. The molecule has 40 heavy (non-hydrogen) atoms. The van der Waals surface area contributed by atoms with Crippen molar-refractivity contribution >= 4 is 63.8 Å². The molecule has 0 radical (unpaired) electrons. The Morgan fingerprint density at radius 3 is 2.70 bits per heavy atom. The summed E-state index contributed by atoms with van der Waals surface area (Å²) in [4.78, 5) is 60.5. The van der Waals surface area contributed by atoms with Crippen LogP contribution in [0.5, 0.6) is 0 Å². The molecule has 15 heteroatoms. The number of pyridine rings is 1. The van der Waals surface area contributed by atoms with Gasteiger partial charge in [0.25, 0.3) is 11.8 Å². The third kappa shape index (κ3) is 6.15. The largest absolute Gasteiger partial charge is 0.427 e. The van der Waals surface area contributed by atoms with Gasteiger partial charge in [-0.15, -0.1) is 23.1 Å². The predicted octanol–water partition coefficient (Wildman–Crippen LogP) is 1.76. The molecule has 0 aliphatic carbocycles. The average Bonchev–Trinajstić information content (AvgIpc) is 3.35. The van der Waals surface area contributed by atoms with Crippen LogP contribution in [0.1, 0.15) is 32.0 Å². The van der Waals surface area contributed by atoms with Crippen molar-refractivity contribution in [2.75, 3.05) is 18.3 Å². The van der Waals surface area contributed by atoms with Crippen molar-refractivity contribution in [3.63, 3.8) is 0 Å². The molecule has 2 aromatic heterocycles. The number of carbonyl (C=O) groups excluding carboxylic acids is 4. The van der Waals surface area contributed by atoms with Crippen molar-refractivity contribution < 1.29 is 33.9 Å². The van der Waals surface area contributed by atoms with E-state index < -0.39 is 53.1 Å². The summed E-state index contributed by atoms with van der Waals surface area (Å²) in [5.41, 5.74) is 5.68. The summed E-state index contributed by atoms with van der Waals surface area (Å²) in [6.07, 6.45) is 6.68. The van der Waals surface area contributed by atoms with Crippen molar-refractivity contribution in [2.24, 2.45) is 10.6 Å². The maximum absolute atomic E-state index is 13.2. The molecule has 1 saturated heterocycles. The zero-order chi connectivity index (χ0) is 29.0. The number of carbonyl (C=O) groups is 4. The maximum atomic E-state index is 13.2. The molecule has 1 fully saturated rings. The van der Waals surface area contributed by atoms with E-state index in [0.717, 1.165) is 16.9 Å². The van der Waals surface area contributed by atoms with E-state index >= 15 is 0 Å². The first-order valence-electron chi connectivity index (χ1n) is 11.9. The van der Waals surface area contributed by atoms with Crippen LogP contribution in [0.4, 0.5) is 5.13 Å². The Morgan fingerprint density at radius 2 is 2.08 bits per heavy atom. The van der Waals surface area contributed by atoms with Gasteiger partial charge in [0.2, 0.25) is 6.79 Å². The molecule has 210 valence electrons. The lowest BCUT2D eigenvalue weighted by atomic mass is 9.98. The number of nitrogens with zero attached hydrogens (tertiary/aromatic N) is 4. The quantitative estimate of drug-likeness (QED) is 0.102. The monoisotopic (exact) mass is 586 g/mol. The number of oxime groups is 1. The number of rotatable bonds is 8. The number of ether oxygens (including phenoxy) is 2. The van der Waals surface area contributed by atoms with Crippen molar-refractivity contribution in [3.8, 4) is 0 Å². The fourth-order valence-corrected chi connectivity index (χ4v) is 5.54. The molecule has 0 unspecified atom stereocenters. The summed E-state index contributed by atoms with van der Waals surface area (Å²) in [6, 6.07) is 2.56. The molecule has 2 aromatic rings. The number of nitrogens with one attached hydrogen (secondary N) is 1. The molecule has 4 N–H and O–H groups in total. The van der Waals surface area contributed by atoms with Gasteiger partial charge in [0.05, 0.1) is 5.41 Å². The second-order valence-electron chi connectivity index (χ2n) is 9.61. The fourth-order valence-electron chi connectivity index (χ4n) is 3.67. The van der Waals surface area contributed by atoms with E-state index in [2.05, 4.69) is 20.4 Å². The van der Waals surface area contributed by atoms with Crippen LogP contribution in [0.2, 0.25) is 0 Å². The molecule has 2 aliphatic heterocycles. The van der Waals surface area contributed by atoms with Gasteiger partial charge in [-0.3, -0.25) is 24.3 Å². The molecule has 13 nitrogen and oxygen atoms in total. The second-order valence-corrected chi connectivity index (χ2v) is 11.6. The number of anilines is 1. The lowest BCUT2D eigenvalue weighted by Crippen LogP contribution is -2.71. The maximum Gasteiger partial charge on any atom is 0.358 e. The van der Waals surface area contributed by atoms with Gasteiger partial charge >= 0.3 is 11.9 Å². The van der Waals surface area contributed by atoms with Crippen LogP contribution in [0.3, 0.4) is 0 Å². The van der Waals surface area contributed by atoms with E-state index in [-0.39, 0.29) is 16.5 Å². The summed E-state index contributed by atoms with van der Waals surface area (Å²) in [5, 5.41) is 15.9. The third-order valence-corrected chi connectivity index (χ3v) is 7.69. The molecular weight excluding hydrogens is 560 g/mol. The Labute approximate surface area is 237 Å². The molecule has 2 amide bonds. The molecule has 2 aliphatic rings. The van der Waals surface area contributed by atoms with Crippen molar-refractivity contribution in [3.05, 3.63) is 58.5 Å². The number of hydrogen-bond donors (Lipinski definition) is 3. The highest BCUT2D eigenvalue weighted by Crippen LogP contribution is 2.41. The number of hydrogen-bond acceptors (Lipinski definition) is 13. The van der Waals surface area contributed by atoms with E-state index in [9.17, 15) is 24.4 Å². The summed E-state index contributed by atoms with van der Waals surface area (Å²) < 4.78 is 10.3. The van der Waals surface area contributed by atoms with E-state index in [1.54, 1.807) is 51.4 Å². The number of aromatic nitrogens is 2. The molecule has 2 atom stereocenters. The Hall–Kier alpha value is -4.24. The first-order chi connectivity index (χ1) is 19.0. The predicted molar refractivity (Wildman–Crippen MR) is 147 cm³/mol. The highest BCUT2D eigenvalue weighted by Gasteiger charge is 2.54. The summed E-state index contributed by atoms with van der Waals surface area (Å²) in [6.45, 7) is 4.35. The van der Waals surface area contributed by atoms with Gasteiger partial charge < -0.3 is 25.7 Å². The number of amides is 2. The molecule has 0 spiro atoms. The average molecular weight is 587 g/mol. The van der Waals surface area contributed by atoms with Crippen molar-refractivity contribution in [2.45, 2.75) is 32.2 Å². The highest BCUT2D eigenvalue weighted by molar-refractivity contribution is 8.00. The van der Waals surface area contributed by atoms with Crippen LogP contribution in [0.15, 0.2) is 52.4 Å². The van der Waals surface area contributed by atoms with Crippen LogP contribution in [-0.4, -0.2) is 73.5 Å². The first kappa shape index (κ1) is 28.8. The smallest absolute Gasteiger partial charge is 0.358 e. The number of esters is 2. The van der Waals surface area contributed by atoms with Crippen LogP contribution in [0.25, 0.3) is 6.08 Å². The number of allylic oxidation sites excluding steroid dienone is 1. The van der Waals surface area contributed by atoms with E-state index in [4.69, 9.17) is 15.2 Å². The van der Waals surface area contributed by atoms with E-state index in [1.165, 1.54) is 22.0 Å². The number of β-lactam (4-membered cyclic amide) rings is 1. The van der Waals surface area contributed by atoms with Crippen molar-refractivity contribution in [1.29, 1.82) is 0 Å². The molecule has 0 saturated carbocycles. The summed E-state index contributed by atoms with van der Waals surface area (Å²) in [5.74, 6) is -2.55. The van der Waals surface area contributed by atoms with E-state index in [0.29, 0.717) is 11.3 Å².